The van der Waals surface area contributed by atoms with Crippen molar-refractivity contribution in [3.8, 4) is 0 Å². The van der Waals surface area contributed by atoms with Crippen molar-refractivity contribution in [2.24, 2.45) is 5.92 Å². The predicted molar refractivity (Wildman–Crippen MR) is 60.5 cm³/mol. The fourth-order valence-corrected chi connectivity index (χ4v) is 2.94. The van der Waals surface area contributed by atoms with Gasteiger partial charge in [0.1, 0.15) is 0 Å². The van der Waals surface area contributed by atoms with E-state index in [2.05, 4.69) is 10.2 Å². The highest BCUT2D eigenvalue weighted by Crippen LogP contribution is 2.36. The molecule has 17 heavy (non-hydrogen) atoms. The van der Waals surface area contributed by atoms with Crippen molar-refractivity contribution >= 4 is 28.1 Å². The Morgan fingerprint density at radius 2 is 2.06 bits per heavy atom. The zero-order valence-electron chi connectivity index (χ0n) is 9.04. The Kier molecular flexibility index (Phi) is 3.49. The van der Waals surface area contributed by atoms with Gasteiger partial charge in [-0.2, -0.15) is 13.2 Å². The number of rotatable bonds is 3. The lowest BCUT2D eigenvalue weighted by atomic mass is 9.84. The van der Waals surface area contributed by atoms with E-state index in [1.165, 1.54) is 0 Å². The van der Waals surface area contributed by atoms with Gasteiger partial charge in [0, 0.05) is 19.0 Å². The van der Waals surface area contributed by atoms with Gasteiger partial charge in [-0.15, -0.1) is 21.8 Å². The largest absolute Gasteiger partial charge is 0.445 e. The van der Waals surface area contributed by atoms with Gasteiger partial charge in [0.25, 0.3) is 0 Å². The number of hydrogen-bond donors (Lipinski definition) is 0. The van der Waals surface area contributed by atoms with Crippen LogP contribution in [0, 0.1) is 5.92 Å². The molecular weight excluding hydrogens is 275 g/mol. The summed E-state index contributed by atoms with van der Waals surface area (Å²) < 4.78 is 37.0. The van der Waals surface area contributed by atoms with Crippen LogP contribution in [0.25, 0.3) is 0 Å². The van der Waals surface area contributed by atoms with E-state index < -0.39 is 11.2 Å². The van der Waals surface area contributed by atoms with Gasteiger partial charge in [0.2, 0.25) is 10.1 Å². The fourth-order valence-electron chi connectivity index (χ4n) is 1.75. The van der Waals surface area contributed by atoms with Crippen molar-refractivity contribution in [2.45, 2.75) is 24.4 Å². The average Bonchev–Trinajstić information content (AvgIpc) is 2.63. The summed E-state index contributed by atoms with van der Waals surface area (Å²) in [6, 6.07) is 0. The SMILES string of the molecule is CN(CC1CC(Cl)C1)c1nnc(C(F)(F)F)s1. The van der Waals surface area contributed by atoms with E-state index in [9.17, 15) is 13.2 Å². The summed E-state index contributed by atoms with van der Waals surface area (Å²) in [6.45, 7) is 0.676. The van der Waals surface area contributed by atoms with Gasteiger partial charge in [0.05, 0.1) is 0 Å². The Hall–Kier alpha value is -0.560. The second-order valence-electron chi connectivity index (χ2n) is 4.20. The lowest BCUT2D eigenvalue weighted by Gasteiger charge is -2.33. The molecule has 0 aromatic carbocycles. The smallest absolute Gasteiger partial charge is 0.349 e. The molecule has 3 nitrogen and oxygen atoms in total. The number of alkyl halides is 4. The zero-order valence-corrected chi connectivity index (χ0v) is 10.6. The number of aromatic nitrogens is 2. The predicted octanol–water partition coefficient (Wildman–Crippen LogP) is 3.01. The molecule has 96 valence electrons. The highest BCUT2D eigenvalue weighted by molar-refractivity contribution is 7.15. The van der Waals surface area contributed by atoms with Crippen molar-refractivity contribution in [3.05, 3.63) is 5.01 Å². The molecule has 0 N–H and O–H groups in total. The summed E-state index contributed by atoms with van der Waals surface area (Å²) in [5, 5.41) is 6.32. The maximum Gasteiger partial charge on any atom is 0.445 e. The minimum absolute atomic E-state index is 0.216. The Bertz CT molecular complexity index is 389. The van der Waals surface area contributed by atoms with Crippen LogP contribution >= 0.6 is 22.9 Å². The van der Waals surface area contributed by atoms with Crippen LogP contribution in [0.3, 0.4) is 0 Å². The average molecular weight is 286 g/mol. The summed E-state index contributed by atoms with van der Waals surface area (Å²) in [4.78, 5) is 1.71. The van der Waals surface area contributed by atoms with E-state index >= 15 is 0 Å². The molecule has 0 radical (unpaired) electrons. The Balaban J connectivity index is 1.95. The molecule has 1 aliphatic rings. The molecule has 1 aromatic rings. The lowest BCUT2D eigenvalue weighted by molar-refractivity contribution is -0.138. The lowest BCUT2D eigenvalue weighted by Crippen LogP contribution is -2.34. The minimum Gasteiger partial charge on any atom is -0.349 e. The first-order valence-corrected chi connectivity index (χ1v) is 6.37. The first-order valence-electron chi connectivity index (χ1n) is 5.12. The molecule has 0 unspecified atom stereocenters. The summed E-state index contributed by atoms with van der Waals surface area (Å²) in [5.74, 6) is 0.445. The Morgan fingerprint density at radius 1 is 1.41 bits per heavy atom. The molecule has 0 bridgehead atoms. The Morgan fingerprint density at radius 3 is 2.53 bits per heavy atom. The second kappa shape index (κ2) is 4.61. The number of halogens is 4. The first-order chi connectivity index (χ1) is 7.86. The van der Waals surface area contributed by atoms with Gasteiger partial charge < -0.3 is 4.90 Å². The minimum atomic E-state index is -4.41. The van der Waals surface area contributed by atoms with Gasteiger partial charge in [-0.1, -0.05) is 11.3 Å². The number of nitrogens with zero attached hydrogens (tertiary/aromatic N) is 3. The highest BCUT2D eigenvalue weighted by atomic mass is 35.5. The standard InChI is InChI=1S/C9H11ClF3N3S/c1-16(4-5-2-6(10)3-5)8-15-14-7(17-8)9(11,12)13/h5-6H,2-4H2,1H3. The molecular formula is C9H11ClF3N3S. The molecule has 2 rings (SSSR count). The summed E-state index contributed by atoms with van der Waals surface area (Å²) in [7, 11) is 1.72. The highest BCUT2D eigenvalue weighted by Gasteiger charge is 2.36. The van der Waals surface area contributed by atoms with Gasteiger partial charge in [-0.05, 0) is 18.8 Å². The van der Waals surface area contributed by atoms with Gasteiger partial charge in [-0.3, -0.25) is 0 Å². The Labute approximate surface area is 106 Å². The molecule has 0 spiro atoms. The summed E-state index contributed by atoms with van der Waals surface area (Å²) in [6.07, 6.45) is -2.58. The molecule has 0 saturated heterocycles. The van der Waals surface area contributed by atoms with Gasteiger partial charge >= 0.3 is 6.18 Å². The molecule has 0 atom stereocenters. The van der Waals surface area contributed by atoms with Crippen molar-refractivity contribution < 1.29 is 13.2 Å². The van der Waals surface area contributed by atoms with Crippen LogP contribution in [0.15, 0.2) is 0 Å². The molecule has 1 heterocycles. The van der Waals surface area contributed by atoms with E-state index in [1.54, 1.807) is 11.9 Å². The summed E-state index contributed by atoms with van der Waals surface area (Å²) >= 11 is 6.42. The van der Waals surface area contributed by atoms with Crippen molar-refractivity contribution in [1.82, 2.24) is 10.2 Å². The molecule has 1 aliphatic carbocycles. The third-order valence-electron chi connectivity index (χ3n) is 2.69. The third kappa shape index (κ3) is 3.01. The van der Waals surface area contributed by atoms with Gasteiger partial charge in [0.15, 0.2) is 0 Å². The van der Waals surface area contributed by atoms with Crippen LogP contribution < -0.4 is 4.90 Å². The van der Waals surface area contributed by atoms with Crippen LogP contribution in [0.1, 0.15) is 17.8 Å². The van der Waals surface area contributed by atoms with Crippen LogP contribution in [-0.4, -0.2) is 29.2 Å². The quantitative estimate of drug-likeness (QED) is 0.800. The third-order valence-corrected chi connectivity index (χ3v) is 4.13. The molecule has 1 fully saturated rings. The monoisotopic (exact) mass is 285 g/mol. The first kappa shape index (κ1) is 12.9. The van der Waals surface area contributed by atoms with E-state index in [0.717, 1.165) is 12.8 Å². The molecule has 0 aliphatic heterocycles. The maximum atomic E-state index is 12.3. The van der Waals surface area contributed by atoms with Crippen LogP contribution in [0.2, 0.25) is 0 Å². The van der Waals surface area contributed by atoms with Crippen molar-refractivity contribution in [2.75, 3.05) is 18.5 Å². The normalized spacial score (nSPS) is 24.5. The van der Waals surface area contributed by atoms with Crippen molar-refractivity contribution in [3.63, 3.8) is 0 Å². The maximum absolute atomic E-state index is 12.3. The second-order valence-corrected chi connectivity index (χ2v) is 5.78. The van der Waals surface area contributed by atoms with E-state index in [4.69, 9.17) is 11.6 Å². The summed E-state index contributed by atoms with van der Waals surface area (Å²) in [5.41, 5.74) is 0. The van der Waals surface area contributed by atoms with E-state index in [0.29, 0.717) is 28.9 Å². The van der Waals surface area contributed by atoms with Crippen LogP contribution in [-0.2, 0) is 6.18 Å². The zero-order chi connectivity index (χ0) is 12.6. The van der Waals surface area contributed by atoms with E-state index in [1.807, 2.05) is 0 Å². The van der Waals surface area contributed by atoms with Gasteiger partial charge in [-0.25, -0.2) is 0 Å². The van der Waals surface area contributed by atoms with Crippen molar-refractivity contribution in [1.29, 1.82) is 0 Å². The number of hydrogen-bond acceptors (Lipinski definition) is 4. The molecule has 0 amide bonds. The topological polar surface area (TPSA) is 29.0 Å². The number of anilines is 1. The fraction of sp³-hybridized carbons (Fsp3) is 0.778. The van der Waals surface area contributed by atoms with E-state index in [-0.39, 0.29) is 5.38 Å². The molecule has 1 aromatic heterocycles. The molecule has 8 heteroatoms. The van der Waals surface area contributed by atoms with Crippen LogP contribution in [0.4, 0.5) is 18.3 Å². The molecule has 1 saturated carbocycles. The van der Waals surface area contributed by atoms with Crippen LogP contribution in [0.5, 0.6) is 0 Å².